The summed E-state index contributed by atoms with van der Waals surface area (Å²) < 4.78 is 9.37. The smallest absolute Gasteiger partial charge is 0.339 e. The van der Waals surface area contributed by atoms with Crippen molar-refractivity contribution in [3.63, 3.8) is 0 Å². The second-order valence-electron chi connectivity index (χ2n) is 3.67. The SMILES string of the molecule is COC(=O)c1ccc(NCc2ccon2)nc1C. The van der Waals surface area contributed by atoms with Gasteiger partial charge in [0.15, 0.2) is 0 Å². The number of aromatic nitrogens is 2. The standard InChI is InChI=1S/C12H13N3O3/c1-8-10(12(16)17-2)3-4-11(14-8)13-7-9-5-6-18-15-9/h3-6H,7H2,1-2H3,(H,13,14). The Balaban J connectivity index is 2.07. The maximum atomic E-state index is 11.4. The van der Waals surface area contributed by atoms with E-state index in [-0.39, 0.29) is 5.97 Å². The second kappa shape index (κ2) is 5.31. The fourth-order valence-electron chi connectivity index (χ4n) is 1.50. The number of hydrogen-bond acceptors (Lipinski definition) is 6. The lowest BCUT2D eigenvalue weighted by Crippen LogP contribution is -2.08. The summed E-state index contributed by atoms with van der Waals surface area (Å²) >= 11 is 0. The summed E-state index contributed by atoms with van der Waals surface area (Å²) in [7, 11) is 1.35. The molecule has 6 heteroatoms. The fraction of sp³-hybridized carbons (Fsp3) is 0.250. The summed E-state index contributed by atoms with van der Waals surface area (Å²) in [6.07, 6.45) is 1.51. The number of methoxy groups -OCH3 is 1. The van der Waals surface area contributed by atoms with E-state index in [0.717, 1.165) is 5.69 Å². The Morgan fingerprint density at radius 2 is 2.28 bits per heavy atom. The van der Waals surface area contributed by atoms with Crippen molar-refractivity contribution in [1.82, 2.24) is 10.1 Å². The normalized spacial score (nSPS) is 10.1. The number of hydrogen-bond donors (Lipinski definition) is 1. The van der Waals surface area contributed by atoms with Gasteiger partial charge in [-0.05, 0) is 19.1 Å². The number of esters is 1. The van der Waals surface area contributed by atoms with Crippen LogP contribution in [-0.2, 0) is 11.3 Å². The first-order valence-corrected chi connectivity index (χ1v) is 5.40. The third kappa shape index (κ3) is 2.65. The molecular weight excluding hydrogens is 234 g/mol. The molecule has 0 fully saturated rings. The van der Waals surface area contributed by atoms with Crippen LogP contribution in [0, 0.1) is 6.92 Å². The number of carbonyl (C=O) groups is 1. The van der Waals surface area contributed by atoms with Crippen molar-refractivity contribution >= 4 is 11.8 Å². The summed E-state index contributed by atoms with van der Waals surface area (Å²) in [5.41, 5.74) is 1.86. The summed E-state index contributed by atoms with van der Waals surface area (Å²) in [5.74, 6) is 0.284. The first-order valence-electron chi connectivity index (χ1n) is 5.40. The van der Waals surface area contributed by atoms with Crippen LogP contribution in [0.2, 0.25) is 0 Å². The highest BCUT2D eigenvalue weighted by Gasteiger charge is 2.10. The zero-order valence-corrected chi connectivity index (χ0v) is 10.1. The van der Waals surface area contributed by atoms with Crippen LogP contribution in [0.5, 0.6) is 0 Å². The average Bonchev–Trinajstić information content (AvgIpc) is 2.88. The number of rotatable bonds is 4. The molecule has 2 aromatic heterocycles. The van der Waals surface area contributed by atoms with Gasteiger partial charge in [0.1, 0.15) is 17.8 Å². The lowest BCUT2D eigenvalue weighted by Gasteiger charge is -2.07. The molecule has 0 atom stereocenters. The molecule has 1 N–H and O–H groups in total. The molecule has 0 aliphatic carbocycles. The van der Waals surface area contributed by atoms with Crippen molar-refractivity contribution in [2.24, 2.45) is 0 Å². The Bertz CT molecular complexity index is 538. The number of carbonyl (C=O) groups excluding carboxylic acids is 1. The van der Waals surface area contributed by atoms with E-state index in [1.807, 2.05) is 0 Å². The predicted octanol–water partition coefficient (Wildman–Crippen LogP) is 1.78. The molecule has 0 saturated carbocycles. The molecule has 0 bridgehead atoms. The topological polar surface area (TPSA) is 77.2 Å². The van der Waals surface area contributed by atoms with Gasteiger partial charge in [0.2, 0.25) is 0 Å². The second-order valence-corrected chi connectivity index (χ2v) is 3.67. The summed E-state index contributed by atoms with van der Waals surface area (Å²) in [6, 6.07) is 5.17. The quantitative estimate of drug-likeness (QED) is 0.830. The van der Waals surface area contributed by atoms with Gasteiger partial charge in [-0.15, -0.1) is 0 Å². The highest BCUT2D eigenvalue weighted by atomic mass is 16.5. The number of ether oxygens (including phenoxy) is 1. The van der Waals surface area contributed by atoms with E-state index in [1.54, 1.807) is 25.1 Å². The molecule has 0 unspecified atom stereocenters. The highest BCUT2D eigenvalue weighted by Crippen LogP contribution is 2.12. The maximum Gasteiger partial charge on any atom is 0.339 e. The Hall–Kier alpha value is -2.37. The van der Waals surface area contributed by atoms with Gasteiger partial charge in [0.25, 0.3) is 0 Å². The van der Waals surface area contributed by atoms with Gasteiger partial charge >= 0.3 is 5.97 Å². The van der Waals surface area contributed by atoms with Crippen LogP contribution in [0.4, 0.5) is 5.82 Å². The molecule has 2 rings (SSSR count). The third-order valence-corrected chi connectivity index (χ3v) is 2.43. The zero-order valence-electron chi connectivity index (χ0n) is 10.1. The van der Waals surface area contributed by atoms with Crippen LogP contribution >= 0.6 is 0 Å². The molecule has 18 heavy (non-hydrogen) atoms. The molecule has 0 spiro atoms. The van der Waals surface area contributed by atoms with Crippen LogP contribution in [0.25, 0.3) is 0 Å². The molecule has 0 aliphatic heterocycles. The van der Waals surface area contributed by atoms with E-state index in [2.05, 4.69) is 20.2 Å². The van der Waals surface area contributed by atoms with E-state index >= 15 is 0 Å². The van der Waals surface area contributed by atoms with Crippen LogP contribution in [-0.4, -0.2) is 23.2 Å². The lowest BCUT2D eigenvalue weighted by molar-refractivity contribution is 0.0599. The summed E-state index contributed by atoms with van der Waals surface area (Å²) in [4.78, 5) is 15.7. The van der Waals surface area contributed by atoms with Crippen molar-refractivity contribution in [3.8, 4) is 0 Å². The molecule has 94 valence electrons. The Labute approximate surface area is 104 Å². The molecule has 0 aliphatic rings. The van der Waals surface area contributed by atoms with Gasteiger partial charge in [0.05, 0.1) is 24.9 Å². The van der Waals surface area contributed by atoms with Crippen LogP contribution in [0.15, 0.2) is 29.0 Å². The van der Waals surface area contributed by atoms with Crippen molar-refractivity contribution < 1.29 is 14.1 Å². The minimum atomic E-state index is -0.386. The van der Waals surface area contributed by atoms with E-state index in [0.29, 0.717) is 23.6 Å². The molecule has 0 radical (unpaired) electrons. The maximum absolute atomic E-state index is 11.4. The van der Waals surface area contributed by atoms with Gasteiger partial charge < -0.3 is 14.6 Å². The van der Waals surface area contributed by atoms with Gasteiger partial charge in [-0.3, -0.25) is 0 Å². The third-order valence-electron chi connectivity index (χ3n) is 2.43. The monoisotopic (exact) mass is 247 g/mol. The molecule has 6 nitrogen and oxygen atoms in total. The van der Waals surface area contributed by atoms with Gasteiger partial charge in [-0.25, -0.2) is 9.78 Å². The van der Waals surface area contributed by atoms with E-state index < -0.39 is 0 Å². The molecule has 0 amide bonds. The van der Waals surface area contributed by atoms with E-state index in [1.165, 1.54) is 13.4 Å². The van der Waals surface area contributed by atoms with Gasteiger partial charge in [-0.2, -0.15) is 0 Å². The van der Waals surface area contributed by atoms with Crippen molar-refractivity contribution in [3.05, 3.63) is 41.4 Å². The minimum absolute atomic E-state index is 0.386. The number of aryl methyl sites for hydroxylation is 1. The van der Waals surface area contributed by atoms with Crippen LogP contribution in [0.1, 0.15) is 21.7 Å². The van der Waals surface area contributed by atoms with Crippen molar-refractivity contribution in [1.29, 1.82) is 0 Å². The Morgan fingerprint density at radius 3 is 2.89 bits per heavy atom. The van der Waals surface area contributed by atoms with E-state index in [4.69, 9.17) is 4.52 Å². The van der Waals surface area contributed by atoms with Gasteiger partial charge in [-0.1, -0.05) is 5.16 Å². The van der Waals surface area contributed by atoms with E-state index in [9.17, 15) is 4.79 Å². The number of pyridine rings is 1. The molecule has 2 heterocycles. The van der Waals surface area contributed by atoms with Gasteiger partial charge in [0, 0.05) is 6.07 Å². The van der Waals surface area contributed by atoms with Crippen molar-refractivity contribution in [2.75, 3.05) is 12.4 Å². The largest absolute Gasteiger partial charge is 0.465 e. The molecule has 2 aromatic rings. The molecule has 0 saturated heterocycles. The Kier molecular flexibility index (Phi) is 3.57. The zero-order chi connectivity index (χ0) is 13.0. The van der Waals surface area contributed by atoms with Crippen molar-refractivity contribution in [2.45, 2.75) is 13.5 Å². The lowest BCUT2D eigenvalue weighted by atomic mass is 10.2. The first kappa shape index (κ1) is 12.1. The predicted molar refractivity (Wildman–Crippen MR) is 64.1 cm³/mol. The summed E-state index contributed by atoms with van der Waals surface area (Å²) in [5, 5.41) is 6.86. The number of nitrogens with zero attached hydrogens (tertiary/aromatic N) is 2. The van der Waals surface area contributed by atoms with Crippen LogP contribution < -0.4 is 5.32 Å². The number of anilines is 1. The van der Waals surface area contributed by atoms with Crippen LogP contribution in [0.3, 0.4) is 0 Å². The first-order chi connectivity index (χ1) is 8.70. The average molecular weight is 247 g/mol. The highest BCUT2D eigenvalue weighted by molar-refractivity contribution is 5.90. The minimum Gasteiger partial charge on any atom is -0.465 e. The molecule has 0 aromatic carbocycles. The molecular formula is C12H13N3O3. The number of nitrogens with one attached hydrogen (secondary N) is 1. The fourth-order valence-corrected chi connectivity index (χ4v) is 1.50. The Morgan fingerprint density at radius 1 is 1.44 bits per heavy atom. The summed E-state index contributed by atoms with van der Waals surface area (Å²) in [6.45, 7) is 2.27.